The minimum atomic E-state index is -0.355. The Hall–Kier alpha value is -2.34. The summed E-state index contributed by atoms with van der Waals surface area (Å²) < 4.78 is 13.6. The highest BCUT2D eigenvalue weighted by atomic mass is 19.1. The number of anilines is 1. The number of nitriles is 1. The van der Waals surface area contributed by atoms with Gasteiger partial charge < -0.3 is 5.32 Å². The topological polar surface area (TPSA) is 35.8 Å². The largest absolute Gasteiger partial charge is 0.381 e. The van der Waals surface area contributed by atoms with Crippen LogP contribution in [0, 0.1) is 31.0 Å². The van der Waals surface area contributed by atoms with Crippen molar-refractivity contribution >= 4 is 5.69 Å². The zero-order valence-corrected chi connectivity index (χ0v) is 11.0. The lowest BCUT2D eigenvalue weighted by molar-refractivity contribution is 0.618. The quantitative estimate of drug-likeness (QED) is 0.900. The summed E-state index contributed by atoms with van der Waals surface area (Å²) in [5.41, 5.74) is 3.87. The van der Waals surface area contributed by atoms with E-state index in [-0.39, 0.29) is 5.82 Å². The number of nitrogens with one attached hydrogen (secondary N) is 1. The lowest BCUT2D eigenvalue weighted by Gasteiger charge is -2.12. The molecule has 0 spiro atoms. The highest BCUT2D eigenvalue weighted by Gasteiger charge is 2.07. The standard InChI is InChI=1S/C16H15FN2/c1-11-5-3-4-6-14(11)10-19-16-8-13(9-18)7-15(17)12(16)2/h3-8,19H,10H2,1-2H3. The molecule has 0 aliphatic heterocycles. The molecule has 0 atom stereocenters. The van der Waals surface area contributed by atoms with Crippen LogP contribution in [-0.4, -0.2) is 0 Å². The molecule has 0 amide bonds. The molecule has 1 N–H and O–H groups in total. The summed E-state index contributed by atoms with van der Waals surface area (Å²) in [5, 5.41) is 12.1. The van der Waals surface area contributed by atoms with Crippen LogP contribution in [0.5, 0.6) is 0 Å². The maximum Gasteiger partial charge on any atom is 0.129 e. The Morgan fingerprint density at radius 3 is 2.63 bits per heavy atom. The number of aryl methyl sites for hydroxylation is 1. The van der Waals surface area contributed by atoms with Gasteiger partial charge in [-0.25, -0.2) is 4.39 Å². The molecule has 19 heavy (non-hydrogen) atoms. The van der Waals surface area contributed by atoms with Crippen LogP contribution in [-0.2, 0) is 6.54 Å². The summed E-state index contributed by atoms with van der Waals surface area (Å²) in [6.45, 7) is 4.36. The van der Waals surface area contributed by atoms with Crippen molar-refractivity contribution in [3.8, 4) is 6.07 Å². The van der Waals surface area contributed by atoms with E-state index in [1.54, 1.807) is 13.0 Å². The Morgan fingerprint density at radius 2 is 1.95 bits per heavy atom. The molecular weight excluding hydrogens is 239 g/mol. The molecule has 0 fully saturated rings. The van der Waals surface area contributed by atoms with E-state index in [4.69, 9.17) is 5.26 Å². The Balaban J connectivity index is 2.23. The minimum Gasteiger partial charge on any atom is -0.381 e. The Bertz CT molecular complexity index is 642. The van der Waals surface area contributed by atoms with Gasteiger partial charge in [0.25, 0.3) is 0 Å². The van der Waals surface area contributed by atoms with Crippen molar-refractivity contribution < 1.29 is 4.39 Å². The molecular formula is C16H15FN2. The van der Waals surface area contributed by atoms with Crippen molar-refractivity contribution in [2.75, 3.05) is 5.32 Å². The van der Waals surface area contributed by atoms with Gasteiger partial charge in [-0.3, -0.25) is 0 Å². The van der Waals surface area contributed by atoms with E-state index in [1.807, 2.05) is 37.3 Å². The van der Waals surface area contributed by atoms with Crippen LogP contribution in [0.25, 0.3) is 0 Å². The SMILES string of the molecule is Cc1ccccc1CNc1cc(C#N)cc(F)c1C. The van der Waals surface area contributed by atoms with Gasteiger partial charge in [-0.15, -0.1) is 0 Å². The zero-order valence-electron chi connectivity index (χ0n) is 11.0. The lowest BCUT2D eigenvalue weighted by Crippen LogP contribution is -2.04. The summed E-state index contributed by atoms with van der Waals surface area (Å²) in [7, 11) is 0. The van der Waals surface area contributed by atoms with E-state index in [0.717, 1.165) is 5.56 Å². The maximum atomic E-state index is 13.6. The lowest BCUT2D eigenvalue weighted by atomic mass is 10.1. The molecule has 0 bridgehead atoms. The molecule has 2 aromatic rings. The van der Waals surface area contributed by atoms with Crippen LogP contribution in [0.4, 0.5) is 10.1 Å². The Kier molecular flexibility index (Phi) is 3.82. The molecule has 2 nitrogen and oxygen atoms in total. The van der Waals surface area contributed by atoms with Gasteiger partial charge in [0.2, 0.25) is 0 Å². The fourth-order valence-corrected chi connectivity index (χ4v) is 1.93. The van der Waals surface area contributed by atoms with E-state index < -0.39 is 0 Å². The van der Waals surface area contributed by atoms with E-state index in [2.05, 4.69) is 5.32 Å². The molecule has 0 radical (unpaired) electrons. The highest BCUT2D eigenvalue weighted by molar-refractivity contribution is 5.56. The molecule has 0 heterocycles. The number of nitrogens with zero attached hydrogens (tertiary/aromatic N) is 1. The molecule has 3 heteroatoms. The first-order valence-corrected chi connectivity index (χ1v) is 6.10. The monoisotopic (exact) mass is 254 g/mol. The second-order valence-corrected chi connectivity index (χ2v) is 4.52. The summed E-state index contributed by atoms with van der Waals surface area (Å²) >= 11 is 0. The maximum absolute atomic E-state index is 13.6. The highest BCUT2D eigenvalue weighted by Crippen LogP contribution is 2.21. The normalized spacial score (nSPS) is 10.0. The smallest absolute Gasteiger partial charge is 0.129 e. The van der Waals surface area contributed by atoms with Gasteiger partial charge in [-0.05, 0) is 37.1 Å². The molecule has 2 aromatic carbocycles. The number of hydrogen-bond donors (Lipinski definition) is 1. The van der Waals surface area contributed by atoms with Gasteiger partial charge >= 0.3 is 0 Å². The van der Waals surface area contributed by atoms with Crippen molar-refractivity contribution in [3.05, 3.63) is 64.5 Å². The Labute approximate surface area is 112 Å². The van der Waals surface area contributed by atoms with Crippen LogP contribution in [0.1, 0.15) is 22.3 Å². The second kappa shape index (κ2) is 5.53. The van der Waals surface area contributed by atoms with Crippen LogP contribution < -0.4 is 5.32 Å². The third-order valence-electron chi connectivity index (χ3n) is 3.20. The van der Waals surface area contributed by atoms with E-state index in [1.165, 1.54) is 11.6 Å². The summed E-state index contributed by atoms with van der Waals surface area (Å²) in [6.07, 6.45) is 0. The van der Waals surface area contributed by atoms with Crippen molar-refractivity contribution in [1.29, 1.82) is 5.26 Å². The van der Waals surface area contributed by atoms with E-state index in [0.29, 0.717) is 23.4 Å². The first-order valence-electron chi connectivity index (χ1n) is 6.10. The molecule has 0 aliphatic rings. The fraction of sp³-hybridized carbons (Fsp3) is 0.188. The van der Waals surface area contributed by atoms with Crippen LogP contribution in [0.15, 0.2) is 36.4 Å². The van der Waals surface area contributed by atoms with Crippen molar-refractivity contribution in [2.24, 2.45) is 0 Å². The predicted molar refractivity (Wildman–Crippen MR) is 74.4 cm³/mol. The number of hydrogen-bond acceptors (Lipinski definition) is 2. The van der Waals surface area contributed by atoms with E-state index >= 15 is 0 Å². The van der Waals surface area contributed by atoms with Gasteiger partial charge in [0.1, 0.15) is 5.82 Å². The van der Waals surface area contributed by atoms with Crippen LogP contribution >= 0.6 is 0 Å². The van der Waals surface area contributed by atoms with Crippen molar-refractivity contribution in [2.45, 2.75) is 20.4 Å². The van der Waals surface area contributed by atoms with Gasteiger partial charge in [0.05, 0.1) is 11.6 Å². The van der Waals surface area contributed by atoms with Crippen LogP contribution in [0.2, 0.25) is 0 Å². The zero-order chi connectivity index (χ0) is 13.8. The molecule has 0 saturated carbocycles. The van der Waals surface area contributed by atoms with Crippen LogP contribution in [0.3, 0.4) is 0 Å². The Morgan fingerprint density at radius 1 is 1.21 bits per heavy atom. The molecule has 0 aromatic heterocycles. The number of halogens is 1. The average Bonchev–Trinajstić information content (AvgIpc) is 2.42. The first-order chi connectivity index (χ1) is 9.11. The molecule has 0 aliphatic carbocycles. The summed E-state index contributed by atoms with van der Waals surface area (Å²) in [5.74, 6) is -0.355. The summed E-state index contributed by atoms with van der Waals surface area (Å²) in [4.78, 5) is 0. The minimum absolute atomic E-state index is 0.329. The molecule has 2 rings (SSSR count). The predicted octanol–water partition coefficient (Wildman–Crippen LogP) is 3.93. The number of rotatable bonds is 3. The second-order valence-electron chi connectivity index (χ2n) is 4.52. The molecule has 0 saturated heterocycles. The molecule has 0 unspecified atom stereocenters. The van der Waals surface area contributed by atoms with Gasteiger partial charge in [-0.1, -0.05) is 24.3 Å². The summed E-state index contributed by atoms with van der Waals surface area (Å²) in [6, 6.07) is 12.9. The average molecular weight is 254 g/mol. The van der Waals surface area contributed by atoms with E-state index in [9.17, 15) is 4.39 Å². The van der Waals surface area contributed by atoms with Gasteiger partial charge in [0, 0.05) is 17.8 Å². The third-order valence-corrected chi connectivity index (χ3v) is 3.20. The van der Waals surface area contributed by atoms with Crippen molar-refractivity contribution in [3.63, 3.8) is 0 Å². The molecule has 96 valence electrons. The third kappa shape index (κ3) is 2.92. The van der Waals surface area contributed by atoms with Gasteiger partial charge in [-0.2, -0.15) is 5.26 Å². The fourth-order valence-electron chi connectivity index (χ4n) is 1.93. The van der Waals surface area contributed by atoms with Crippen molar-refractivity contribution in [1.82, 2.24) is 0 Å². The number of benzene rings is 2. The van der Waals surface area contributed by atoms with Gasteiger partial charge in [0.15, 0.2) is 0 Å². The first kappa shape index (κ1) is 13.1.